The quantitative estimate of drug-likeness (QED) is 0.446. The maximum atomic E-state index is 13.2. The number of benzene rings is 1. The molecule has 0 atom stereocenters. The van der Waals surface area contributed by atoms with Crippen molar-refractivity contribution in [1.29, 1.82) is 0 Å². The van der Waals surface area contributed by atoms with Gasteiger partial charge in [0.1, 0.15) is 5.82 Å². The van der Waals surface area contributed by atoms with Gasteiger partial charge in [0, 0.05) is 30.3 Å². The minimum absolute atomic E-state index is 0.0220. The standard InChI is InChI=1S/C22H21F3N10O/c23-22(24,25)21-29-27-17-6-7-18(30-35(17)21)33-10-8-13(9-11-33)20(36)26-15-3-1-2-14(12-15)19-28-31-32-34(19)16-4-5-16/h1-3,6-7,12-13,16H,4-5,8-11H2,(H,26,36). The van der Waals surface area contributed by atoms with E-state index >= 15 is 0 Å². The molecule has 1 aromatic carbocycles. The van der Waals surface area contributed by atoms with Crippen LogP contribution in [-0.2, 0) is 11.0 Å². The topological polar surface area (TPSA) is 119 Å². The molecular weight excluding hydrogens is 477 g/mol. The second kappa shape index (κ2) is 8.53. The summed E-state index contributed by atoms with van der Waals surface area (Å²) in [6.07, 6.45) is -1.46. The molecule has 3 aromatic heterocycles. The normalized spacial score (nSPS) is 17.0. The Balaban J connectivity index is 1.11. The zero-order valence-corrected chi connectivity index (χ0v) is 18.9. The van der Waals surface area contributed by atoms with Gasteiger partial charge in [-0.2, -0.15) is 17.7 Å². The maximum absolute atomic E-state index is 13.2. The molecule has 2 fully saturated rings. The van der Waals surface area contributed by atoms with Crippen molar-refractivity contribution in [2.45, 2.75) is 37.9 Å². The third-order valence-electron chi connectivity index (χ3n) is 6.47. The number of carbonyl (C=O) groups is 1. The number of nitrogens with zero attached hydrogens (tertiary/aromatic N) is 9. The van der Waals surface area contributed by atoms with E-state index in [9.17, 15) is 18.0 Å². The van der Waals surface area contributed by atoms with E-state index in [4.69, 9.17) is 0 Å². The monoisotopic (exact) mass is 498 g/mol. The molecule has 0 unspecified atom stereocenters. The van der Waals surface area contributed by atoms with E-state index in [2.05, 4.69) is 36.1 Å². The lowest BCUT2D eigenvalue weighted by Gasteiger charge is -2.32. The number of amides is 1. The van der Waals surface area contributed by atoms with Gasteiger partial charge in [0.25, 0.3) is 5.82 Å². The fourth-order valence-electron chi connectivity index (χ4n) is 4.42. The molecule has 186 valence electrons. The summed E-state index contributed by atoms with van der Waals surface area (Å²) >= 11 is 0. The van der Waals surface area contributed by atoms with E-state index in [-0.39, 0.29) is 17.5 Å². The zero-order valence-electron chi connectivity index (χ0n) is 18.9. The zero-order chi connectivity index (χ0) is 24.9. The number of fused-ring (bicyclic) bond motifs is 1. The van der Waals surface area contributed by atoms with Gasteiger partial charge in [0.05, 0.1) is 6.04 Å². The van der Waals surface area contributed by atoms with Crippen molar-refractivity contribution >= 4 is 23.1 Å². The number of hydrogen-bond acceptors (Lipinski definition) is 8. The average Bonchev–Trinajstić information content (AvgIpc) is 3.42. The molecule has 1 aliphatic carbocycles. The molecule has 11 nitrogen and oxygen atoms in total. The Hall–Kier alpha value is -4.10. The molecule has 6 rings (SSSR count). The number of hydrogen-bond donors (Lipinski definition) is 1. The van der Waals surface area contributed by atoms with Crippen LogP contribution < -0.4 is 10.2 Å². The predicted octanol–water partition coefficient (Wildman–Crippen LogP) is 2.99. The molecule has 0 bridgehead atoms. The van der Waals surface area contributed by atoms with E-state index in [0.717, 1.165) is 18.4 Å². The van der Waals surface area contributed by atoms with Crippen molar-refractivity contribution in [3.05, 3.63) is 42.2 Å². The summed E-state index contributed by atoms with van der Waals surface area (Å²) < 4.78 is 42.1. The maximum Gasteiger partial charge on any atom is 0.453 e. The third kappa shape index (κ3) is 4.22. The number of tetrazole rings is 1. The summed E-state index contributed by atoms with van der Waals surface area (Å²) in [5, 5.41) is 25.8. The van der Waals surface area contributed by atoms with Gasteiger partial charge in [-0.3, -0.25) is 4.79 Å². The van der Waals surface area contributed by atoms with Gasteiger partial charge in [0.2, 0.25) is 5.91 Å². The van der Waals surface area contributed by atoms with Gasteiger partial charge in [-0.15, -0.1) is 20.4 Å². The number of anilines is 2. The first-order valence-corrected chi connectivity index (χ1v) is 11.6. The lowest BCUT2D eigenvalue weighted by atomic mass is 9.95. The summed E-state index contributed by atoms with van der Waals surface area (Å²) in [5.41, 5.74) is 1.51. The first-order chi connectivity index (χ1) is 17.4. The van der Waals surface area contributed by atoms with E-state index in [1.165, 1.54) is 6.07 Å². The first-order valence-electron chi connectivity index (χ1n) is 11.6. The fourth-order valence-corrected chi connectivity index (χ4v) is 4.42. The van der Waals surface area contributed by atoms with Gasteiger partial charge in [0.15, 0.2) is 11.5 Å². The largest absolute Gasteiger partial charge is 0.453 e. The van der Waals surface area contributed by atoms with Crippen LogP contribution in [0.2, 0.25) is 0 Å². The van der Waals surface area contributed by atoms with Gasteiger partial charge in [-0.25, -0.2) is 4.68 Å². The van der Waals surface area contributed by atoms with E-state index in [0.29, 0.717) is 53.8 Å². The van der Waals surface area contributed by atoms with E-state index in [1.54, 1.807) is 6.07 Å². The number of halogens is 3. The van der Waals surface area contributed by atoms with E-state index < -0.39 is 12.0 Å². The molecule has 36 heavy (non-hydrogen) atoms. The minimum atomic E-state index is -4.66. The van der Waals surface area contributed by atoms with Crippen molar-refractivity contribution in [3.8, 4) is 11.4 Å². The molecule has 1 N–H and O–H groups in total. The fraction of sp³-hybridized carbons (Fsp3) is 0.409. The van der Waals surface area contributed by atoms with Crippen molar-refractivity contribution < 1.29 is 18.0 Å². The molecule has 1 saturated carbocycles. The smallest absolute Gasteiger partial charge is 0.355 e. The Morgan fingerprint density at radius 1 is 1.00 bits per heavy atom. The lowest BCUT2D eigenvalue weighted by Crippen LogP contribution is -2.38. The molecular formula is C22H21F3N10O. The Morgan fingerprint density at radius 2 is 1.81 bits per heavy atom. The summed E-state index contributed by atoms with van der Waals surface area (Å²) in [5.74, 6) is -0.441. The number of piperidine rings is 1. The average molecular weight is 498 g/mol. The molecule has 1 amide bonds. The molecule has 1 aliphatic heterocycles. The van der Waals surface area contributed by atoms with Gasteiger partial charge in [-0.1, -0.05) is 12.1 Å². The van der Waals surface area contributed by atoms with Crippen molar-refractivity contribution in [1.82, 2.24) is 40.0 Å². The number of aromatic nitrogens is 8. The number of rotatable bonds is 5. The molecule has 4 heterocycles. The Bertz CT molecular complexity index is 1420. The van der Waals surface area contributed by atoms with Gasteiger partial charge in [-0.05, 0) is 60.4 Å². The van der Waals surface area contributed by atoms with Crippen LogP contribution in [0.5, 0.6) is 0 Å². The third-order valence-corrected chi connectivity index (χ3v) is 6.47. The SMILES string of the molecule is O=C(Nc1cccc(-c2nnnn2C2CC2)c1)C1CCN(c2ccc3nnc(C(F)(F)F)n3n2)CC1. The highest BCUT2D eigenvalue weighted by atomic mass is 19.4. The Morgan fingerprint density at radius 3 is 2.56 bits per heavy atom. The van der Waals surface area contributed by atoms with Crippen molar-refractivity contribution in [2.24, 2.45) is 5.92 Å². The highest BCUT2D eigenvalue weighted by molar-refractivity contribution is 5.93. The van der Waals surface area contributed by atoms with Crippen LogP contribution in [0.4, 0.5) is 24.7 Å². The number of alkyl halides is 3. The van der Waals surface area contributed by atoms with E-state index in [1.807, 2.05) is 33.8 Å². The predicted molar refractivity (Wildman–Crippen MR) is 121 cm³/mol. The lowest BCUT2D eigenvalue weighted by molar-refractivity contribution is -0.146. The summed E-state index contributed by atoms with van der Waals surface area (Å²) in [7, 11) is 0. The van der Waals surface area contributed by atoms with Crippen LogP contribution in [-0.4, -0.2) is 59.0 Å². The Labute approximate surface area is 202 Å². The summed E-state index contributed by atoms with van der Waals surface area (Å²) in [4.78, 5) is 14.8. The van der Waals surface area contributed by atoms with Crippen LogP contribution in [0, 0.1) is 5.92 Å². The minimum Gasteiger partial charge on any atom is -0.355 e. The molecule has 1 saturated heterocycles. The van der Waals surface area contributed by atoms with Gasteiger partial charge >= 0.3 is 6.18 Å². The van der Waals surface area contributed by atoms with Crippen LogP contribution >= 0.6 is 0 Å². The molecule has 14 heteroatoms. The number of carbonyl (C=O) groups excluding carboxylic acids is 1. The van der Waals surface area contributed by atoms with Crippen molar-refractivity contribution in [2.75, 3.05) is 23.3 Å². The highest BCUT2D eigenvalue weighted by Gasteiger charge is 2.38. The van der Waals surface area contributed by atoms with Crippen LogP contribution in [0.1, 0.15) is 37.5 Å². The highest BCUT2D eigenvalue weighted by Crippen LogP contribution is 2.37. The van der Waals surface area contributed by atoms with Crippen LogP contribution in [0.25, 0.3) is 17.0 Å². The summed E-state index contributed by atoms with van der Waals surface area (Å²) in [6, 6.07) is 10.8. The molecule has 4 aromatic rings. The van der Waals surface area contributed by atoms with Crippen molar-refractivity contribution in [3.63, 3.8) is 0 Å². The molecule has 2 aliphatic rings. The Kier molecular flexibility index (Phi) is 5.30. The second-order valence-corrected chi connectivity index (χ2v) is 8.99. The van der Waals surface area contributed by atoms with Crippen LogP contribution in [0.15, 0.2) is 36.4 Å². The number of nitrogens with one attached hydrogen (secondary N) is 1. The van der Waals surface area contributed by atoms with Crippen LogP contribution in [0.3, 0.4) is 0 Å². The summed E-state index contributed by atoms with van der Waals surface area (Å²) in [6.45, 7) is 0.965. The van der Waals surface area contributed by atoms with Gasteiger partial charge < -0.3 is 10.2 Å². The second-order valence-electron chi connectivity index (χ2n) is 8.99. The first kappa shape index (κ1) is 22.4. The molecule has 0 radical (unpaired) electrons. The molecule has 0 spiro atoms.